The number of carbonyl (C=O) groups is 1. The van der Waals surface area contributed by atoms with Gasteiger partial charge in [-0.1, -0.05) is 24.3 Å². The van der Waals surface area contributed by atoms with Gasteiger partial charge in [0.15, 0.2) is 11.5 Å². The molecule has 0 aliphatic heterocycles. The number of ether oxygens (including phenoxy) is 3. The van der Waals surface area contributed by atoms with Crippen molar-refractivity contribution in [3.8, 4) is 17.2 Å². The molecule has 6 heteroatoms. The maximum absolute atomic E-state index is 13.0. The minimum absolute atomic E-state index is 0.194. The lowest BCUT2D eigenvalue weighted by atomic mass is 10.1. The number of amides is 1. The fourth-order valence-corrected chi connectivity index (χ4v) is 2.93. The molecular weight excluding hydrogens is 397 g/mol. The van der Waals surface area contributed by atoms with Gasteiger partial charge in [-0.25, -0.2) is 4.39 Å². The van der Waals surface area contributed by atoms with Gasteiger partial charge in [-0.2, -0.15) is 0 Å². The van der Waals surface area contributed by atoms with Crippen molar-refractivity contribution in [1.82, 2.24) is 5.32 Å². The van der Waals surface area contributed by atoms with Crippen molar-refractivity contribution in [2.45, 2.75) is 27.0 Å². The van der Waals surface area contributed by atoms with Crippen molar-refractivity contribution in [2.24, 2.45) is 0 Å². The molecule has 3 aromatic rings. The van der Waals surface area contributed by atoms with E-state index in [-0.39, 0.29) is 11.7 Å². The third-order valence-corrected chi connectivity index (χ3v) is 4.50. The zero-order chi connectivity index (χ0) is 22.1. The lowest BCUT2D eigenvalue weighted by Crippen LogP contribution is -2.22. The van der Waals surface area contributed by atoms with Gasteiger partial charge in [0.25, 0.3) is 5.91 Å². The molecule has 0 radical (unpaired) electrons. The highest BCUT2D eigenvalue weighted by Crippen LogP contribution is 2.28. The zero-order valence-electron chi connectivity index (χ0n) is 17.7. The van der Waals surface area contributed by atoms with Crippen molar-refractivity contribution < 1.29 is 23.4 Å². The first kappa shape index (κ1) is 22.2. The van der Waals surface area contributed by atoms with Crippen LogP contribution < -0.4 is 19.5 Å². The fourth-order valence-electron chi connectivity index (χ4n) is 2.93. The second kappa shape index (κ2) is 11.0. The molecule has 0 aliphatic carbocycles. The van der Waals surface area contributed by atoms with E-state index in [1.807, 2.05) is 38.1 Å². The summed E-state index contributed by atoms with van der Waals surface area (Å²) >= 11 is 0. The molecule has 0 saturated heterocycles. The molecule has 0 heterocycles. The van der Waals surface area contributed by atoms with E-state index in [2.05, 4.69) is 5.32 Å². The molecule has 5 nitrogen and oxygen atoms in total. The monoisotopic (exact) mass is 423 g/mol. The maximum Gasteiger partial charge on any atom is 0.251 e. The molecule has 0 saturated carbocycles. The Labute approximate surface area is 181 Å². The molecular formula is C25H26FNO4. The van der Waals surface area contributed by atoms with E-state index in [1.54, 1.807) is 30.3 Å². The second-order valence-electron chi connectivity index (χ2n) is 6.77. The van der Waals surface area contributed by atoms with Crippen LogP contribution in [0.4, 0.5) is 4.39 Å². The Kier molecular flexibility index (Phi) is 7.87. The first-order valence-corrected chi connectivity index (χ1v) is 10.2. The fraction of sp³-hybridized carbons (Fsp3) is 0.240. The highest BCUT2D eigenvalue weighted by Gasteiger charge is 2.11. The van der Waals surface area contributed by atoms with Crippen molar-refractivity contribution >= 4 is 5.91 Å². The summed E-state index contributed by atoms with van der Waals surface area (Å²) in [6, 6.07) is 18.8. The van der Waals surface area contributed by atoms with Gasteiger partial charge in [-0.05, 0) is 67.4 Å². The molecule has 1 amide bonds. The van der Waals surface area contributed by atoms with Crippen LogP contribution in [-0.4, -0.2) is 19.1 Å². The maximum atomic E-state index is 13.0. The number of halogens is 1. The summed E-state index contributed by atoms with van der Waals surface area (Å²) in [5.41, 5.74) is 2.34. The Balaban J connectivity index is 1.54. The summed E-state index contributed by atoms with van der Waals surface area (Å²) in [4.78, 5) is 12.5. The van der Waals surface area contributed by atoms with Crippen LogP contribution >= 0.6 is 0 Å². The summed E-state index contributed by atoms with van der Waals surface area (Å²) < 4.78 is 29.8. The average Bonchev–Trinajstić information content (AvgIpc) is 2.79. The molecule has 0 aromatic heterocycles. The quantitative estimate of drug-likeness (QED) is 0.491. The molecule has 1 N–H and O–H groups in total. The van der Waals surface area contributed by atoms with Crippen LogP contribution in [0.1, 0.15) is 35.3 Å². The van der Waals surface area contributed by atoms with Gasteiger partial charge in [0.05, 0.1) is 13.2 Å². The lowest BCUT2D eigenvalue weighted by molar-refractivity contribution is 0.0950. The smallest absolute Gasteiger partial charge is 0.251 e. The molecule has 0 spiro atoms. The van der Waals surface area contributed by atoms with Gasteiger partial charge in [0, 0.05) is 12.1 Å². The summed E-state index contributed by atoms with van der Waals surface area (Å²) in [6.45, 7) is 5.53. The van der Waals surface area contributed by atoms with E-state index < -0.39 is 0 Å². The van der Waals surface area contributed by atoms with Crippen LogP contribution in [0.2, 0.25) is 0 Å². The number of hydrogen-bond acceptors (Lipinski definition) is 4. The van der Waals surface area contributed by atoms with E-state index in [0.717, 1.165) is 11.1 Å². The van der Waals surface area contributed by atoms with Gasteiger partial charge in [0.1, 0.15) is 18.2 Å². The molecule has 0 bridgehead atoms. The summed E-state index contributed by atoms with van der Waals surface area (Å²) in [5, 5.41) is 2.91. The summed E-state index contributed by atoms with van der Waals surface area (Å²) in [5.74, 6) is 1.42. The number of carbonyl (C=O) groups excluding carboxylic acids is 1. The van der Waals surface area contributed by atoms with Crippen molar-refractivity contribution in [3.63, 3.8) is 0 Å². The molecule has 31 heavy (non-hydrogen) atoms. The molecule has 0 aliphatic rings. The van der Waals surface area contributed by atoms with Crippen molar-refractivity contribution in [3.05, 3.63) is 89.2 Å². The topological polar surface area (TPSA) is 56.8 Å². The molecule has 0 unspecified atom stereocenters. The Morgan fingerprint density at radius 2 is 1.45 bits per heavy atom. The molecule has 3 aromatic carbocycles. The van der Waals surface area contributed by atoms with Crippen LogP contribution in [0.15, 0.2) is 66.7 Å². The third kappa shape index (κ3) is 6.47. The molecule has 0 fully saturated rings. The Morgan fingerprint density at radius 1 is 0.806 bits per heavy atom. The largest absolute Gasteiger partial charge is 0.490 e. The molecule has 3 rings (SSSR count). The van der Waals surface area contributed by atoms with Crippen LogP contribution in [0, 0.1) is 5.82 Å². The number of rotatable bonds is 10. The Bertz CT molecular complexity index is 987. The SMILES string of the molecule is CCOc1ccc(C(=O)NCc2ccc(OCc3ccc(F)cc3)cc2)cc1OCC. The van der Waals surface area contributed by atoms with Crippen LogP contribution in [0.5, 0.6) is 17.2 Å². The normalized spacial score (nSPS) is 10.4. The van der Waals surface area contributed by atoms with Crippen LogP contribution in [0.3, 0.4) is 0 Å². The van der Waals surface area contributed by atoms with Crippen molar-refractivity contribution in [2.75, 3.05) is 13.2 Å². The summed E-state index contributed by atoms with van der Waals surface area (Å²) in [6.07, 6.45) is 0. The first-order valence-electron chi connectivity index (χ1n) is 10.2. The number of nitrogens with one attached hydrogen (secondary N) is 1. The number of benzene rings is 3. The van der Waals surface area contributed by atoms with Crippen LogP contribution in [0.25, 0.3) is 0 Å². The van der Waals surface area contributed by atoms with E-state index >= 15 is 0 Å². The van der Waals surface area contributed by atoms with Gasteiger partial charge in [0.2, 0.25) is 0 Å². The van der Waals surface area contributed by atoms with E-state index in [0.29, 0.717) is 49.2 Å². The van der Waals surface area contributed by atoms with E-state index in [4.69, 9.17) is 14.2 Å². The molecule has 0 atom stereocenters. The van der Waals surface area contributed by atoms with Gasteiger partial charge < -0.3 is 19.5 Å². The third-order valence-electron chi connectivity index (χ3n) is 4.50. The second-order valence-corrected chi connectivity index (χ2v) is 6.77. The Hall–Kier alpha value is -3.54. The minimum atomic E-state index is -0.269. The van der Waals surface area contributed by atoms with Gasteiger partial charge >= 0.3 is 0 Å². The zero-order valence-corrected chi connectivity index (χ0v) is 17.7. The minimum Gasteiger partial charge on any atom is -0.490 e. The number of hydrogen-bond donors (Lipinski definition) is 1. The molecule has 162 valence electrons. The average molecular weight is 423 g/mol. The van der Waals surface area contributed by atoms with E-state index in [1.165, 1.54) is 12.1 Å². The first-order chi connectivity index (χ1) is 15.1. The Morgan fingerprint density at radius 3 is 2.13 bits per heavy atom. The van der Waals surface area contributed by atoms with Crippen LogP contribution in [-0.2, 0) is 13.2 Å². The highest BCUT2D eigenvalue weighted by molar-refractivity contribution is 5.94. The lowest BCUT2D eigenvalue weighted by Gasteiger charge is -2.12. The van der Waals surface area contributed by atoms with Crippen molar-refractivity contribution in [1.29, 1.82) is 0 Å². The van der Waals surface area contributed by atoms with E-state index in [9.17, 15) is 9.18 Å². The highest BCUT2D eigenvalue weighted by atomic mass is 19.1. The van der Waals surface area contributed by atoms with Gasteiger partial charge in [-0.15, -0.1) is 0 Å². The predicted molar refractivity (Wildman–Crippen MR) is 117 cm³/mol. The summed E-state index contributed by atoms with van der Waals surface area (Å²) in [7, 11) is 0. The predicted octanol–water partition coefficient (Wildman–Crippen LogP) is 5.13. The standard InChI is InChI=1S/C25H26FNO4/c1-3-29-23-14-9-20(15-24(23)30-4-2)25(28)27-16-18-7-12-22(13-8-18)31-17-19-5-10-21(26)11-6-19/h5-15H,3-4,16-17H2,1-2H3,(H,27,28). The van der Waals surface area contributed by atoms with Gasteiger partial charge in [-0.3, -0.25) is 4.79 Å².